The maximum absolute atomic E-state index is 14.5. The molecule has 0 fully saturated rings. The Kier molecular flexibility index (Phi) is 5.31. The average molecular weight is 369 g/mol. The molecule has 0 aromatic heterocycles. The van der Waals surface area contributed by atoms with Gasteiger partial charge in [-0.05, 0) is 49.2 Å². The fourth-order valence-electron chi connectivity index (χ4n) is 3.28. The molecule has 5 heteroatoms. The van der Waals surface area contributed by atoms with Gasteiger partial charge < -0.3 is 10.1 Å². The van der Waals surface area contributed by atoms with Gasteiger partial charge in [0.05, 0.1) is 6.54 Å². The van der Waals surface area contributed by atoms with Crippen molar-refractivity contribution in [3.05, 3.63) is 52.8 Å². The van der Waals surface area contributed by atoms with Gasteiger partial charge in [0.1, 0.15) is 17.7 Å². The Morgan fingerprint density at radius 1 is 1.22 bits per heavy atom. The molecule has 142 valence electrons. The summed E-state index contributed by atoms with van der Waals surface area (Å²) in [6.07, 6.45) is 0.457. The number of ether oxygens (including phenoxy) is 1. The molecule has 1 amide bonds. The molecule has 1 N–H and O–H groups in total. The summed E-state index contributed by atoms with van der Waals surface area (Å²) in [5.74, 6) is 0.00821. The summed E-state index contributed by atoms with van der Waals surface area (Å²) in [7, 11) is 0. The van der Waals surface area contributed by atoms with Gasteiger partial charge in [-0.3, -0.25) is 9.59 Å². The maximum atomic E-state index is 14.5. The van der Waals surface area contributed by atoms with Crippen molar-refractivity contribution in [2.45, 2.75) is 40.2 Å². The lowest BCUT2D eigenvalue weighted by molar-refractivity contribution is -0.124. The molecule has 0 spiro atoms. The molecule has 0 saturated heterocycles. The van der Waals surface area contributed by atoms with Gasteiger partial charge in [-0.25, -0.2) is 4.39 Å². The lowest BCUT2D eigenvalue weighted by atomic mass is 9.95. The maximum Gasteiger partial charge on any atom is 0.222 e. The van der Waals surface area contributed by atoms with Crippen molar-refractivity contribution < 1.29 is 18.7 Å². The molecule has 1 aliphatic rings. The van der Waals surface area contributed by atoms with Crippen LogP contribution in [0.25, 0.3) is 11.1 Å². The van der Waals surface area contributed by atoms with Crippen molar-refractivity contribution in [1.82, 2.24) is 5.32 Å². The van der Waals surface area contributed by atoms with Crippen LogP contribution < -0.4 is 10.1 Å². The minimum Gasteiger partial charge on any atom is -0.487 e. The number of carbonyl (C=O) groups is 2. The average Bonchev–Trinajstić information content (AvgIpc) is 3.01. The number of benzene rings is 2. The topological polar surface area (TPSA) is 55.4 Å². The highest BCUT2D eigenvalue weighted by atomic mass is 19.1. The summed E-state index contributed by atoms with van der Waals surface area (Å²) >= 11 is 0. The summed E-state index contributed by atoms with van der Waals surface area (Å²) < 4.78 is 20.6. The molecule has 3 rings (SSSR count). The van der Waals surface area contributed by atoms with E-state index in [1.807, 2.05) is 32.9 Å². The molecule has 2 aromatic carbocycles. The number of fused-ring (bicyclic) bond motifs is 1. The normalized spacial score (nSPS) is 15.4. The Morgan fingerprint density at radius 3 is 2.63 bits per heavy atom. The van der Waals surface area contributed by atoms with Gasteiger partial charge in [-0.15, -0.1) is 0 Å². The van der Waals surface area contributed by atoms with Crippen molar-refractivity contribution in [3.63, 3.8) is 0 Å². The van der Waals surface area contributed by atoms with E-state index < -0.39 is 5.82 Å². The SMILES string of the molecule is CC(=O)c1ccc(F)c(-c2cc(C)cc3c2OC(CNC(=O)C(C)C)C3)c1. The molecule has 0 aliphatic carbocycles. The van der Waals surface area contributed by atoms with Gasteiger partial charge in [-0.2, -0.15) is 0 Å². The first-order chi connectivity index (χ1) is 12.8. The van der Waals surface area contributed by atoms with Gasteiger partial charge >= 0.3 is 0 Å². The second kappa shape index (κ2) is 7.51. The van der Waals surface area contributed by atoms with Crippen LogP contribution in [-0.4, -0.2) is 24.3 Å². The van der Waals surface area contributed by atoms with Gasteiger partial charge in [0.15, 0.2) is 5.78 Å². The summed E-state index contributed by atoms with van der Waals surface area (Å²) in [5.41, 5.74) is 3.44. The van der Waals surface area contributed by atoms with Crippen LogP contribution in [0.2, 0.25) is 0 Å². The highest BCUT2D eigenvalue weighted by Gasteiger charge is 2.28. The third kappa shape index (κ3) is 4.02. The Morgan fingerprint density at radius 2 is 1.96 bits per heavy atom. The summed E-state index contributed by atoms with van der Waals surface area (Å²) in [6.45, 7) is 7.49. The fourth-order valence-corrected chi connectivity index (χ4v) is 3.28. The smallest absolute Gasteiger partial charge is 0.222 e. The van der Waals surface area contributed by atoms with E-state index in [0.29, 0.717) is 35.4 Å². The third-order valence-corrected chi connectivity index (χ3v) is 4.73. The summed E-state index contributed by atoms with van der Waals surface area (Å²) in [4.78, 5) is 23.5. The highest BCUT2D eigenvalue weighted by molar-refractivity contribution is 5.95. The van der Waals surface area contributed by atoms with E-state index in [-0.39, 0.29) is 23.7 Å². The van der Waals surface area contributed by atoms with Crippen molar-refractivity contribution >= 4 is 11.7 Å². The number of Topliss-reactive ketones (excluding diaryl/α,β-unsaturated/α-hetero) is 1. The van der Waals surface area contributed by atoms with Crippen molar-refractivity contribution in [2.24, 2.45) is 5.92 Å². The number of amides is 1. The van der Waals surface area contributed by atoms with Crippen molar-refractivity contribution in [2.75, 3.05) is 6.54 Å². The summed E-state index contributed by atoms with van der Waals surface area (Å²) in [5, 5.41) is 2.89. The van der Waals surface area contributed by atoms with Crippen LogP contribution in [-0.2, 0) is 11.2 Å². The molecular weight excluding hydrogens is 345 g/mol. The molecule has 1 heterocycles. The number of halogens is 1. The van der Waals surface area contributed by atoms with Crippen LogP contribution in [0.3, 0.4) is 0 Å². The Labute approximate surface area is 158 Å². The molecule has 0 saturated carbocycles. The van der Waals surface area contributed by atoms with Gasteiger partial charge in [-0.1, -0.05) is 19.9 Å². The molecule has 0 radical (unpaired) electrons. The number of aryl methyl sites for hydroxylation is 1. The minimum absolute atomic E-state index is 0.0221. The van der Waals surface area contributed by atoms with Crippen LogP contribution >= 0.6 is 0 Å². The van der Waals surface area contributed by atoms with Gasteiger partial charge in [0.2, 0.25) is 5.91 Å². The Hall–Kier alpha value is -2.69. The number of ketones is 1. The molecular formula is C22H24FNO3. The van der Waals surface area contributed by atoms with Crippen LogP contribution in [0.5, 0.6) is 5.75 Å². The standard InChI is InChI=1S/C22H24FNO3/c1-12(2)22(26)24-11-17-9-16-7-13(3)8-19(21(16)27-17)18-10-15(14(4)25)5-6-20(18)23/h5-8,10,12,17H,9,11H2,1-4H3,(H,24,26). The lowest BCUT2D eigenvalue weighted by Gasteiger charge is -2.15. The molecule has 4 nitrogen and oxygen atoms in total. The van der Waals surface area contributed by atoms with Crippen LogP contribution in [0.1, 0.15) is 42.3 Å². The highest BCUT2D eigenvalue weighted by Crippen LogP contribution is 2.41. The number of rotatable bonds is 5. The van der Waals surface area contributed by atoms with Crippen LogP contribution in [0.15, 0.2) is 30.3 Å². The fraction of sp³-hybridized carbons (Fsp3) is 0.364. The van der Waals surface area contributed by atoms with Crippen LogP contribution in [0.4, 0.5) is 4.39 Å². The zero-order valence-corrected chi connectivity index (χ0v) is 16.1. The number of hydrogen-bond acceptors (Lipinski definition) is 3. The molecule has 1 unspecified atom stereocenters. The Balaban J connectivity index is 1.93. The second-order valence-electron chi connectivity index (χ2n) is 7.40. The second-order valence-corrected chi connectivity index (χ2v) is 7.40. The largest absolute Gasteiger partial charge is 0.487 e. The predicted molar refractivity (Wildman–Crippen MR) is 103 cm³/mol. The molecule has 27 heavy (non-hydrogen) atoms. The molecule has 0 bridgehead atoms. The van der Waals surface area contributed by atoms with Crippen molar-refractivity contribution in [1.29, 1.82) is 0 Å². The van der Waals surface area contributed by atoms with Crippen LogP contribution in [0, 0.1) is 18.7 Å². The zero-order chi connectivity index (χ0) is 19.7. The van der Waals surface area contributed by atoms with E-state index >= 15 is 0 Å². The quantitative estimate of drug-likeness (QED) is 0.808. The van der Waals surface area contributed by atoms with E-state index in [9.17, 15) is 14.0 Å². The van der Waals surface area contributed by atoms with E-state index in [0.717, 1.165) is 11.1 Å². The number of carbonyl (C=O) groups excluding carboxylic acids is 2. The lowest BCUT2D eigenvalue weighted by Crippen LogP contribution is -2.36. The van der Waals surface area contributed by atoms with E-state index in [4.69, 9.17) is 4.74 Å². The van der Waals surface area contributed by atoms with Crippen molar-refractivity contribution in [3.8, 4) is 16.9 Å². The monoisotopic (exact) mass is 369 g/mol. The third-order valence-electron chi connectivity index (χ3n) is 4.73. The molecule has 2 aromatic rings. The first-order valence-electron chi connectivity index (χ1n) is 9.15. The number of hydrogen-bond donors (Lipinski definition) is 1. The molecule has 1 atom stereocenters. The van der Waals surface area contributed by atoms with Gasteiger partial charge in [0, 0.05) is 29.0 Å². The first-order valence-corrected chi connectivity index (χ1v) is 9.15. The first kappa shape index (κ1) is 19.1. The predicted octanol–water partition coefficient (Wildman–Crippen LogP) is 4.08. The van der Waals surface area contributed by atoms with Gasteiger partial charge in [0.25, 0.3) is 0 Å². The van der Waals surface area contributed by atoms with E-state index in [2.05, 4.69) is 5.32 Å². The Bertz CT molecular complexity index is 905. The van der Waals surface area contributed by atoms with E-state index in [1.165, 1.54) is 19.1 Å². The minimum atomic E-state index is -0.395. The number of nitrogens with one attached hydrogen (secondary N) is 1. The summed E-state index contributed by atoms with van der Waals surface area (Å²) in [6, 6.07) is 8.27. The van der Waals surface area contributed by atoms with E-state index in [1.54, 1.807) is 6.07 Å². The zero-order valence-electron chi connectivity index (χ0n) is 16.1. The molecule has 1 aliphatic heterocycles.